The Balaban J connectivity index is 3.68. The summed E-state index contributed by atoms with van der Waals surface area (Å²) in [5.74, 6) is 0. The van der Waals surface area contributed by atoms with Crippen LogP contribution in [0.25, 0.3) is 0 Å². The highest BCUT2D eigenvalue weighted by Crippen LogP contribution is 2.13. The molecule has 10 heavy (non-hydrogen) atoms. The molecule has 0 radical (unpaired) electrons. The first-order valence-corrected chi connectivity index (χ1v) is 4.37. The third-order valence-corrected chi connectivity index (χ3v) is 2.16. The van der Waals surface area contributed by atoms with Crippen LogP contribution in [-0.4, -0.2) is 0 Å². The van der Waals surface area contributed by atoms with Crippen molar-refractivity contribution < 1.29 is 0 Å². The molecule has 0 spiro atoms. The number of unbranched alkanes of at least 4 members (excludes halogenated alkanes) is 1. The molecule has 0 aliphatic carbocycles. The van der Waals surface area contributed by atoms with Gasteiger partial charge in [0.15, 0.2) is 0 Å². The van der Waals surface area contributed by atoms with Gasteiger partial charge in [-0.15, -0.1) is 0 Å². The van der Waals surface area contributed by atoms with Crippen molar-refractivity contribution in [1.82, 2.24) is 0 Å². The maximum absolute atomic E-state index is 2.26. The van der Waals surface area contributed by atoms with Gasteiger partial charge >= 0.3 is 0 Å². The standard InChI is InChI=1S/C10H20/c1-5-7-8-10(4)9(3)6-2/h5-8H2,1-4H3. The van der Waals surface area contributed by atoms with Crippen molar-refractivity contribution >= 4 is 0 Å². The number of rotatable bonds is 4. The molecule has 0 heterocycles. The zero-order valence-corrected chi connectivity index (χ0v) is 7.83. The Labute approximate surface area is 65.3 Å². The van der Waals surface area contributed by atoms with Crippen molar-refractivity contribution in [2.24, 2.45) is 0 Å². The molecule has 60 valence electrons. The van der Waals surface area contributed by atoms with Crippen LogP contribution in [0.3, 0.4) is 0 Å². The predicted molar refractivity (Wildman–Crippen MR) is 48.2 cm³/mol. The smallest absolute Gasteiger partial charge is 0.0321 e. The fourth-order valence-corrected chi connectivity index (χ4v) is 0.957. The van der Waals surface area contributed by atoms with E-state index in [0.717, 1.165) is 0 Å². The SMILES string of the molecule is CCCCC(C)=C(C)CC. The average Bonchev–Trinajstić information content (AvgIpc) is 1.98. The molecule has 0 aliphatic heterocycles. The monoisotopic (exact) mass is 140 g/mol. The van der Waals surface area contributed by atoms with Gasteiger partial charge in [-0.1, -0.05) is 31.4 Å². The maximum Gasteiger partial charge on any atom is -0.0321 e. The van der Waals surface area contributed by atoms with Gasteiger partial charge in [-0.25, -0.2) is 0 Å². The molecule has 0 heteroatoms. The molecule has 0 N–H and O–H groups in total. The fourth-order valence-electron chi connectivity index (χ4n) is 0.957. The lowest BCUT2D eigenvalue weighted by atomic mass is 10.0. The van der Waals surface area contributed by atoms with E-state index in [1.807, 2.05) is 0 Å². The van der Waals surface area contributed by atoms with Crippen molar-refractivity contribution in [2.75, 3.05) is 0 Å². The fraction of sp³-hybridized carbons (Fsp3) is 0.800. The molecule has 0 amide bonds. The van der Waals surface area contributed by atoms with E-state index in [0.29, 0.717) is 0 Å². The second kappa shape index (κ2) is 5.52. The lowest BCUT2D eigenvalue weighted by Gasteiger charge is -2.03. The second-order valence-corrected chi connectivity index (χ2v) is 3.02. The summed E-state index contributed by atoms with van der Waals surface area (Å²) in [7, 11) is 0. The second-order valence-electron chi connectivity index (χ2n) is 3.02. The third kappa shape index (κ3) is 3.71. The van der Waals surface area contributed by atoms with Crippen LogP contribution in [0.4, 0.5) is 0 Å². The van der Waals surface area contributed by atoms with Gasteiger partial charge in [0.05, 0.1) is 0 Å². The maximum atomic E-state index is 2.26. The third-order valence-electron chi connectivity index (χ3n) is 2.16. The molecule has 0 fully saturated rings. The van der Waals surface area contributed by atoms with Crippen molar-refractivity contribution in [2.45, 2.75) is 53.4 Å². The zero-order chi connectivity index (χ0) is 7.98. The van der Waals surface area contributed by atoms with Crippen LogP contribution in [0, 0.1) is 0 Å². The van der Waals surface area contributed by atoms with E-state index >= 15 is 0 Å². The first kappa shape index (κ1) is 9.74. The molecule has 0 rings (SSSR count). The minimum Gasteiger partial charge on any atom is -0.0747 e. The quantitative estimate of drug-likeness (QED) is 0.519. The highest BCUT2D eigenvalue weighted by atomic mass is 14.0. The van der Waals surface area contributed by atoms with Crippen molar-refractivity contribution in [1.29, 1.82) is 0 Å². The van der Waals surface area contributed by atoms with Crippen LogP contribution >= 0.6 is 0 Å². The van der Waals surface area contributed by atoms with Crippen LogP contribution < -0.4 is 0 Å². The molecule has 0 unspecified atom stereocenters. The highest BCUT2D eigenvalue weighted by molar-refractivity contribution is 5.08. The van der Waals surface area contributed by atoms with Gasteiger partial charge in [-0.2, -0.15) is 0 Å². The molecule has 0 nitrogen and oxygen atoms in total. The Morgan fingerprint density at radius 1 is 1.00 bits per heavy atom. The van der Waals surface area contributed by atoms with Gasteiger partial charge in [-0.3, -0.25) is 0 Å². The lowest BCUT2D eigenvalue weighted by molar-refractivity contribution is 0.775. The van der Waals surface area contributed by atoms with Gasteiger partial charge < -0.3 is 0 Å². The van der Waals surface area contributed by atoms with Gasteiger partial charge in [0, 0.05) is 0 Å². The topological polar surface area (TPSA) is 0 Å². The van der Waals surface area contributed by atoms with E-state index in [9.17, 15) is 0 Å². The molecule has 0 saturated heterocycles. The van der Waals surface area contributed by atoms with Gasteiger partial charge in [0.2, 0.25) is 0 Å². The summed E-state index contributed by atoms with van der Waals surface area (Å²) in [6, 6.07) is 0. The molecular formula is C10H20. The average molecular weight is 140 g/mol. The van der Waals surface area contributed by atoms with Crippen molar-refractivity contribution in [3.63, 3.8) is 0 Å². The van der Waals surface area contributed by atoms with Crippen LogP contribution in [-0.2, 0) is 0 Å². The van der Waals surface area contributed by atoms with Crippen LogP contribution in [0.5, 0.6) is 0 Å². The van der Waals surface area contributed by atoms with Crippen molar-refractivity contribution in [3.05, 3.63) is 11.1 Å². The first-order valence-electron chi connectivity index (χ1n) is 4.37. The van der Waals surface area contributed by atoms with Gasteiger partial charge in [-0.05, 0) is 33.1 Å². The minimum absolute atomic E-state index is 1.22. The largest absolute Gasteiger partial charge is 0.0747 e. The molecule has 0 atom stereocenters. The molecular weight excluding hydrogens is 120 g/mol. The Morgan fingerprint density at radius 3 is 2.00 bits per heavy atom. The number of hydrogen-bond acceptors (Lipinski definition) is 0. The van der Waals surface area contributed by atoms with E-state index in [1.165, 1.54) is 25.7 Å². The van der Waals surface area contributed by atoms with Gasteiger partial charge in [0.1, 0.15) is 0 Å². The number of allylic oxidation sites excluding steroid dienone is 2. The van der Waals surface area contributed by atoms with Crippen LogP contribution in [0.15, 0.2) is 11.1 Å². The summed E-state index contributed by atoms with van der Waals surface area (Å²) in [4.78, 5) is 0. The normalized spacial score (nSPS) is 13.2. The van der Waals surface area contributed by atoms with E-state index in [1.54, 1.807) is 11.1 Å². The Hall–Kier alpha value is -0.260. The van der Waals surface area contributed by atoms with Crippen LogP contribution in [0.2, 0.25) is 0 Å². The van der Waals surface area contributed by atoms with Crippen molar-refractivity contribution in [3.8, 4) is 0 Å². The van der Waals surface area contributed by atoms with E-state index < -0.39 is 0 Å². The van der Waals surface area contributed by atoms with Crippen LogP contribution in [0.1, 0.15) is 53.4 Å². The predicted octanol–water partition coefficient (Wildman–Crippen LogP) is 3.92. The van der Waals surface area contributed by atoms with E-state index in [-0.39, 0.29) is 0 Å². The Morgan fingerprint density at radius 2 is 1.60 bits per heavy atom. The molecule has 0 aromatic heterocycles. The summed E-state index contributed by atoms with van der Waals surface area (Å²) < 4.78 is 0. The molecule has 0 bridgehead atoms. The number of hydrogen-bond donors (Lipinski definition) is 0. The van der Waals surface area contributed by atoms with E-state index in [2.05, 4.69) is 27.7 Å². The molecule has 0 aliphatic rings. The summed E-state index contributed by atoms with van der Waals surface area (Å²) >= 11 is 0. The van der Waals surface area contributed by atoms with E-state index in [4.69, 9.17) is 0 Å². The zero-order valence-electron chi connectivity index (χ0n) is 7.83. The molecule has 0 saturated carbocycles. The lowest BCUT2D eigenvalue weighted by Crippen LogP contribution is -1.82. The minimum atomic E-state index is 1.22. The Bertz CT molecular complexity index is 109. The highest BCUT2D eigenvalue weighted by Gasteiger charge is 1.92. The summed E-state index contributed by atoms with van der Waals surface area (Å²) in [5, 5.41) is 0. The summed E-state index contributed by atoms with van der Waals surface area (Å²) in [6.45, 7) is 8.97. The Kier molecular flexibility index (Phi) is 5.38. The summed E-state index contributed by atoms with van der Waals surface area (Å²) in [6.07, 6.45) is 5.18. The summed E-state index contributed by atoms with van der Waals surface area (Å²) in [5.41, 5.74) is 3.18. The van der Waals surface area contributed by atoms with Gasteiger partial charge in [0.25, 0.3) is 0 Å². The first-order chi connectivity index (χ1) is 4.72. The molecule has 0 aromatic carbocycles. The molecule has 0 aromatic rings.